The zero-order valence-corrected chi connectivity index (χ0v) is 50.1. The lowest BCUT2D eigenvalue weighted by Gasteiger charge is -2.34. The summed E-state index contributed by atoms with van der Waals surface area (Å²) in [6, 6.07) is 18.9. The number of anilines is 3. The molecule has 5 N–H and O–H groups in total. The molecule has 3 aliphatic rings. The Bertz CT molecular complexity index is 3450. The van der Waals surface area contributed by atoms with Crippen molar-refractivity contribution in [1.82, 2.24) is 54.3 Å². The number of nitrogens with zero attached hydrogens (tertiary/aromatic N) is 9. The van der Waals surface area contributed by atoms with Crippen molar-refractivity contribution in [2.24, 2.45) is 22.7 Å². The molecule has 2 atom stereocenters. The number of fused-ring (bicyclic) bond motifs is 6. The predicted octanol–water partition coefficient (Wildman–Crippen LogP) is 8.46. The van der Waals surface area contributed by atoms with Gasteiger partial charge in [0, 0.05) is 55.2 Å². The maximum atomic E-state index is 13.5. The van der Waals surface area contributed by atoms with Crippen LogP contribution in [0.15, 0.2) is 95.2 Å². The van der Waals surface area contributed by atoms with Gasteiger partial charge in [-0.3, -0.25) is 9.59 Å². The van der Waals surface area contributed by atoms with E-state index in [0.717, 1.165) is 45.1 Å². The molecule has 0 spiro atoms. The Morgan fingerprint density at radius 1 is 0.827 bits per heavy atom. The van der Waals surface area contributed by atoms with Crippen LogP contribution in [0.25, 0.3) is 11.6 Å². The van der Waals surface area contributed by atoms with Gasteiger partial charge in [-0.2, -0.15) is 16.8 Å². The van der Waals surface area contributed by atoms with E-state index in [1.165, 1.54) is 28.9 Å². The fourth-order valence-electron chi connectivity index (χ4n) is 9.72. The number of hydrogen-bond acceptors (Lipinski definition) is 18. The smallest absolute Gasteiger partial charge is 0.281 e. The van der Waals surface area contributed by atoms with Gasteiger partial charge in [-0.05, 0) is 144 Å². The number of carbonyl (C=O) groups excluding carboxylic acids is 2. The van der Waals surface area contributed by atoms with Gasteiger partial charge in [0.1, 0.15) is 22.6 Å². The second-order valence-electron chi connectivity index (χ2n) is 24.5. The number of aromatic nitrogens is 8. The molecule has 436 valence electrons. The third kappa shape index (κ3) is 16.2. The topological polar surface area (TPSA) is 271 Å². The van der Waals surface area contributed by atoms with Gasteiger partial charge in [-0.15, -0.1) is 10.2 Å². The van der Waals surface area contributed by atoms with Crippen LogP contribution in [0.2, 0.25) is 5.15 Å². The number of pyridine rings is 4. The minimum Gasteiger partial charge on any atom is -0.476 e. The molecule has 81 heavy (non-hydrogen) atoms. The van der Waals surface area contributed by atoms with Crippen LogP contribution in [0.5, 0.6) is 11.8 Å². The second kappa shape index (κ2) is 24.3. The van der Waals surface area contributed by atoms with Crippen molar-refractivity contribution < 1.29 is 35.9 Å². The van der Waals surface area contributed by atoms with Crippen molar-refractivity contribution in [2.75, 3.05) is 54.9 Å². The summed E-state index contributed by atoms with van der Waals surface area (Å²) >= 11 is 6.27. The average molecular weight is 1170 g/mol. The molecular weight excluding hydrogens is 1100 g/mol. The Balaban J connectivity index is 0.000000212. The van der Waals surface area contributed by atoms with Gasteiger partial charge in [-0.1, -0.05) is 65.3 Å². The van der Waals surface area contributed by atoms with E-state index in [4.69, 9.17) is 26.1 Å². The van der Waals surface area contributed by atoms with Gasteiger partial charge in [0.15, 0.2) is 21.7 Å². The first-order chi connectivity index (χ1) is 38.0. The zero-order chi connectivity index (χ0) is 58.5. The van der Waals surface area contributed by atoms with Crippen LogP contribution in [0.3, 0.4) is 0 Å². The van der Waals surface area contributed by atoms with Crippen molar-refractivity contribution in [3.05, 3.63) is 101 Å². The van der Waals surface area contributed by atoms with E-state index in [2.05, 4.69) is 120 Å². The monoisotopic (exact) mass is 1170 g/mol. The summed E-state index contributed by atoms with van der Waals surface area (Å²) in [5.74, 6) is 2.34. The van der Waals surface area contributed by atoms with Crippen LogP contribution in [0, 0.1) is 22.7 Å². The van der Waals surface area contributed by atoms with Gasteiger partial charge in [0.25, 0.3) is 31.9 Å². The molecule has 2 amide bonds. The summed E-state index contributed by atoms with van der Waals surface area (Å²) in [5.41, 5.74) is -0.102. The minimum absolute atomic E-state index is 0.0190. The van der Waals surface area contributed by atoms with Crippen molar-refractivity contribution in [2.45, 2.75) is 129 Å². The van der Waals surface area contributed by atoms with E-state index in [-0.39, 0.29) is 48.2 Å². The predicted molar refractivity (Wildman–Crippen MR) is 311 cm³/mol. The summed E-state index contributed by atoms with van der Waals surface area (Å²) in [6.45, 7) is 25.1. The van der Waals surface area contributed by atoms with E-state index >= 15 is 0 Å². The van der Waals surface area contributed by atoms with Crippen molar-refractivity contribution in [3.63, 3.8) is 0 Å². The number of hydrogen-bond donors (Lipinski definition) is 5. The zero-order valence-electron chi connectivity index (χ0n) is 47.7. The lowest BCUT2D eigenvalue weighted by Crippen LogP contribution is -2.41. The highest BCUT2D eigenvalue weighted by Gasteiger charge is 2.41. The molecule has 9 heterocycles. The van der Waals surface area contributed by atoms with Crippen molar-refractivity contribution >= 4 is 60.9 Å². The molecule has 2 fully saturated rings. The molecule has 0 aliphatic carbocycles. The molecule has 6 aromatic heterocycles. The molecule has 0 saturated carbocycles. The molecule has 9 rings (SSSR count). The summed E-state index contributed by atoms with van der Waals surface area (Å²) in [7, 11) is -8.48. The molecule has 25 heteroatoms. The molecule has 6 aromatic rings. The Hall–Kier alpha value is -6.89. The maximum absolute atomic E-state index is 13.5. The van der Waals surface area contributed by atoms with Crippen molar-refractivity contribution in [3.8, 4) is 23.4 Å². The Morgan fingerprint density at radius 2 is 1.48 bits per heavy atom. The average Bonchev–Trinajstić information content (AvgIpc) is 4.45. The molecule has 2 saturated heterocycles. The number of carbonyl (C=O) groups is 2. The lowest BCUT2D eigenvalue weighted by atomic mass is 9.93. The number of ether oxygens (including phenoxy) is 2. The number of halogens is 1. The molecule has 0 radical (unpaired) electrons. The standard InChI is InChI=1S/C28H38ClN7O4S.C28H37N7O4S/c1-27(2,3)18-40-23-13-15-36(34-23)22-12-11-20(25(29)33-22)26(37)35-41(38,39)24-10-6-9-21(32-24)30-14-7-8-19-16-28(4,5)31-17-19;1-27(2,3)18-39-23-13-15-35(32-23)22-12-11-20-25(31-22)34-17-19(16-28(34,4)5)8-7-14-29-21-9-6-10-24(30-21)40(37,38)33-26(20)36/h6,9-13,15,19,31H,7-8,14,16-18H2,1-5H3,(H,30,32)(H,35,37);6,9-13,15,19H,7-8,14,16-18H2,1-5H3,(H,29,30)(H,33,36)/t2*19-/m00/s1. The maximum Gasteiger partial charge on any atom is 0.281 e. The third-order valence-electron chi connectivity index (χ3n) is 13.6. The van der Waals surface area contributed by atoms with E-state index in [0.29, 0.717) is 85.5 Å². The number of rotatable bonds is 14. The highest BCUT2D eigenvalue weighted by molar-refractivity contribution is 7.90. The van der Waals surface area contributed by atoms with Gasteiger partial charge >= 0.3 is 0 Å². The van der Waals surface area contributed by atoms with Crippen LogP contribution >= 0.6 is 11.6 Å². The lowest BCUT2D eigenvalue weighted by molar-refractivity contribution is 0.0972. The first kappa shape index (κ1) is 60.2. The fraction of sp³-hybridized carbons (Fsp3) is 0.500. The minimum atomic E-state index is -4.26. The van der Waals surface area contributed by atoms with Crippen LogP contribution in [0.4, 0.5) is 17.5 Å². The molecular formula is C56H75ClN14O8S2. The van der Waals surface area contributed by atoms with E-state index in [1.54, 1.807) is 65.6 Å². The Kier molecular flexibility index (Phi) is 18.1. The van der Waals surface area contributed by atoms with E-state index in [9.17, 15) is 26.4 Å². The molecule has 0 aromatic carbocycles. The fourth-order valence-corrected chi connectivity index (χ4v) is 11.8. The molecule has 3 aliphatic heterocycles. The Labute approximate surface area is 480 Å². The van der Waals surface area contributed by atoms with Gasteiger partial charge in [-0.25, -0.2) is 38.7 Å². The SMILES string of the molecule is CC(C)(C)COc1ccn(-c2ccc(C(=O)NS(=O)(=O)c3cccc(NCCC[C@@H]4CNC(C)(C)C4)n3)c(Cl)n2)n1.CC(C)(C)COc1ccn(-c2ccc3c(n2)N2C[C@@H](CCCNc4cccc(n4)S(=O)(=O)NC3=O)CC2(C)C)n1. The van der Waals surface area contributed by atoms with Crippen LogP contribution in [0.1, 0.15) is 128 Å². The summed E-state index contributed by atoms with van der Waals surface area (Å²) in [6.07, 6.45) is 9.33. The number of nitrogens with one attached hydrogen (secondary N) is 5. The number of amides is 2. The van der Waals surface area contributed by atoms with Gasteiger partial charge in [0.2, 0.25) is 11.8 Å². The normalized spacial score (nSPS) is 18.7. The summed E-state index contributed by atoms with van der Waals surface area (Å²) < 4.78 is 71.0. The van der Waals surface area contributed by atoms with E-state index in [1.807, 2.05) is 4.72 Å². The molecule has 22 nitrogen and oxygen atoms in total. The first-order valence-corrected chi connectivity index (χ1v) is 30.5. The van der Waals surface area contributed by atoms with Gasteiger partial charge in [0.05, 0.1) is 24.3 Å². The third-order valence-corrected chi connectivity index (χ3v) is 16.4. The number of sulfonamides is 2. The highest BCUT2D eigenvalue weighted by atomic mass is 35.5. The highest BCUT2D eigenvalue weighted by Crippen LogP contribution is 2.40. The summed E-state index contributed by atoms with van der Waals surface area (Å²) in [5, 5.41) is 18.1. The van der Waals surface area contributed by atoms with Gasteiger partial charge < -0.3 is 30.3 Å². The first-order valence-electron chi connectivity index (χ1n) is 27.2. The molecule has 4 bridgehead atoms. The second-order valence-corrected chi connectivity index (χ2v) is 28.1. The van der Waals surface area contributed by atoms with Crippen LogP contribution in [-0.2, 0) is 20.0 Å². The van der Waals surface area contributed by atoms with Crippen LogP contribution < -0.4 is 39.8 Å². The molecule has 0 unspecified atom stereocenters. The summed E-state index contributed by atoms with van der Waals surface area (Å²) in [4.78, 5) is 46.0. The van der Waals surface area contributed by atoms with E-state index < -0.39 is 31.9 Å². The van der Waals surface area contributed by atoms with Crippen LogP contribution in [-0.4, -0.2) is 119 Å². The quantitative estimate of drug-likeness (QED) is 0.0505. The largest absolute Gasteiger partial charge is 0.476 e. The van der Waals surface area contributed by atoms with Crippen molar-refractivity contribution in [1.29, 1.82) is 0 Å². The Morgan fingerprint density at radius 3 is 2.12 bits per heavy atom.